The average molecular weight is 186 g/mol. The summed E-state index contributed by atoms with van der Waals surface area (Å²) in [5.74, 6) is 0.747. The minimum atomic E-state index is -0.0767. The van der Waals surface area contributed by atoms with Gasteiger partial charge in [0.25, 0.3) is 0 Å². The molecule has 0 aromatic heterocycles. The Balaban J connectivity index is 3.54. The average Bonchev–Trinajstić information content (AvgIpc) is 2.02. The molecule has 0 aliphatic carbocycles. The van der Waals surface area contributed by atoms with Gasteiger partial charge in [0, 0.05) is 0 Å². The summed E-state index contributed by atoms with van der Waals surface area (Å²) in [5.41, 5.74) is 0.414. The first-order valence-electron chi connectivity index (χ1n) is 5.56. The van der Waals surface area contributed by atoms with Crippen LogP contribution in [0.5, 0.6) is 0 Å². The van der Waals surface area contributed by atoms with Crippen molar-refractivity contribution >= 4 is 0 Å². The molecule has 0 aromatic rings. The summed E-state index contributed by atoms with van der Waals surface area (Å²) in [5, 5.41) is 9.37. The molecule has 1 N–H and O–H groups in total. The highest BCUT2D eigenvalue weighted by atomic mass is 16.3. The van der Waals surface area contributed by atoms with Gasteiger partial charge in [-0.15, -0.1) is 0 Å². The molecular weight excluding hydrogens is 160 g/mol. The van der Waals surface area contributed by atoms with Crippen LogP contribution in [0.4, 0.5) is 0 Å². The molecule has 0 saturated heterocycles. The standard InChI is InChI=1S/C12H26O/c1-6-11(13)9-7-8-10(2)12(3,4)5/h10-11,13H,6-9H2,1-5H3. The van der Waals surface area contributed by atoms with Crippen LogP contribution in [-0.2, 0) is 0 Å². The zero-order valence-electron chi connectivity index (χ0n) is 9.93. The van der Waals surface area contributed by atoms with Crippen LogP contribution >= 0.6 is 0 Å². The molecule has 0 spiro atoms. The van der Waals surface area contributed by atoms with Gasteiger partial charge in [-0.2, -0.15) is 0 Å². The minimum absolute atomic E-state index is 0.0767. The zero-order valence-corrected chi connectivity index (χ0v) is 9.93. The number of hydrogen-bond donors (Lipinski definition) is 1. The van der Waals surface area contributed by atoms with E-state index in [2.05, 4.69) is 27.7 Å². The highest BCUT2D eigenvalue weighted by Gasteiger charge is 2.19. The Labute approximate surface area is 83.5 Å². The van der Waals surface area contributed by atoms with Crippen molar-refractivity contribution in [3.05, 3.63) is 0 Å². The first kappa shape index (κ1) is 13.0. The normalized spacial score (nSPS) is 17.1. The van der Waals surface area contributed by atoms with Gasteiger partial charge in [0.05, 0.1) is 6.10 Å². The van der Waals surface area contributed by atoms with E-state index < -0.39 is 0 Å². The third-order valence-corrected chi connectivity index (χ3v) is 3.12. The van der Waals surface area contributed by atoms with Crippen molar-refractivity contribution in [2.45, 2.75) is 66.4 Å². The van der Waals surface area contributed by atoms with Crippen LogP contribution in [0.25, 0.3) is 0 Å². The fourth-order valence-corrected chi connectivity index (χ4v) is 1.30. The molecule has 2 atom stereocenters. The summed E-state index contributed by atoms with van der Waals surface area (Å²) in [6, 6.07) is 0. The first-order chi connectivity index (χ1) is 5.88. The topological polar surface area (TPSA) is 20.2 Å². The molecule has 1 heteroatoms. The molecule has 0 saturated carbocycles. The zero-order chi connectivity index (χ0) is 10.5. The van der Waals surface area contributed by atoms with Crippen molar-refractivity contribution in [1.82, 2.24) is 0 Å². The molecule has 0 aromatic carbocycles. The van der Waals surface area contributed by atoms with Crippen LogP contribution in [0.15, 0.2) is 0 Å². The van der Waals surface area contributed by atoms with Gasteiger partial charge in [-0.3, -0.25) is 0 Å². The summed E-state index contributed by atoms with van der Waals surface area (Å²) in [4.78, 5) is 0. The Hall–Kier alpha value is -0.0400. The quantitative estimate of drug-likeness (QED) is 0.695. The molecule has 0 radical (unpaired) electrons. The third-order valence-electron chi connectivity index (χ3n) is 3.12. The van der Waals surface area contributed by atoms with E-state index in [1.165, 1.54) is 6.42 Å². The molecule has 2 unspecified atom stereocenters. The van der Waals surface area contributed by atoms with E-state index in [0.29, 0.717) is 5.41 Å². The maximum atomic E-state index is 9.37. The minimum Gasteiger partial charge on any atom is -0.393 e. The van der Waals surface area contributed by atoms with Crippen LogP contribution in [0.3, 0.4) is 0 Å². The van der Waals surface area contributed by atoms with Crippen molar-refractivity contribution in [2.24, 2.45) is 11.3 Å². The highest BCUT2D eigenvalue weighted by molar-refractivity contribution is 4.70. The van der Waals surface area contributed by atoms with Crippen LogP contribution in [0.2, 0.25) is 0 Å². The highest BCUT2D eigenvalue weighted by Crippen LogP contribution is 2.29. The monoisotopic (exact) mass is 186 g/mol. The molecule has 80 valence electrons. The summed E-state index contributed by atoms with van der Waals surface area (Å²) < 4.78 is 0. The van der Waals surface area contributed by atoms with Crippen molar-refractivity contribution in [3.63, 3.8) is 0 Å². The molecule has 13 heavy (non-hydrogen) atoms. The lowest BCUT2D eigenvalue weighted by Crippen LogP contribution is -2.17. The van der Waals surface area contributed by atoms with E-state index in [4.69, 9.17) is 0 Å². The summed E-state index contributed by atoms with van der Waals surface area (Å²) in [6.45, 7) is 11.2. The van der Waals surface area contributed by atoms with Gasteiger partial charge in [-0.1, -0.05) is 47.5 Å². The van der Waals surface area contributed by atoms with Gasteiger partial charge in [-0.05, 0) is 24.2 Å². The van der Waals surface area contributed by atoms with Crippen molar-refractivity contribution in [2.75, 3.05) is 0 Å². The van der Waals surface area contributed by atoms with Gasteiger partial charge in [0.15, 0.2) is 0 Å². The molecule has 0 aliphatic heterocycles. The predicted octanol–water partition coefficient (Wildman–Crippen LogP) is 3.61. The van der Waals surface area contributed by atoms with Crippen molar-refractivity contribution in [1.29, 1.82) is 0 Å². The summed E-state index contributed by atoms with van der Waals surface area (Å²) in [6.07, 6.45) is 4.18. The maximum Gasteiger partial charge on any atom is 0.0537 e. The van der Waals surface area contributed by atoms with Crippen LogP contribution in [0.1, 0.15) is 60.3 Å². The van der Waals surface area contributed by atoms with Gasteiger partial charge < -0.3 is 5.11 Å². The third kappa shape index (κ3) is 6.09. The Morgan fingerprint density at radius 1 is 1.15 bits per heavy atom. The summed E-state index contributed by atoms with van der Waals surface area (Å²) >= 11 is 0. The van der Waals surface area contributed by atoms with E-state index in [1.807, 2.05) is 6.92 Å². The molecule has 1 nitrogen and oxygen atoms in total. The van der Waals surface area contributed by atoms with Crippen molar-refractivity contribution in [3.8, 4) is 0 Å². The molecular formula is C12H26O. The van der Waals surface area contributed by atoms with E-state index in [1.54, 1.807) is 0 Å². The number of hydrogen-bond acceptors (Lipinski definition) is 1. The lowest BCUT2D eigenvalue weighted by atomic mass is 9.79. The second-order valence-corrected chi connectivity index (χ2v) is 5.26. The molecule has 0 amide bonds. The fourth-order valence-electron chi connectivity index (χ4n) is 1.30. The van der Waals surface area contributed by atoms with Crippen molar-refractivity contribution < 1.29 is 5.11 Å². The van der Waals surface area contributed by atoms with E-state index in [9.17, 15) is 5.11 Å². The van der Waals surface area contributed by atoms with Gasteiger partial charge in [0.1, 0.15) is 0 Å². The molecule has 0 bridgehead atoms. The second kappa shape index (κ2) is 5.64. The molecule has 0 heterocycles. The predicted molar refractivity (Wildman–Crippen MR) is 58.8 cm³/mol. The molecule has 0 rings (SSSR count). The van der Waals surface area contributed by atoms with Gasteiger partial charge in [-0.25, -0.2) is 0 Å². The Kier molecular flexibility index (Phi) is 5.62. The smallest absolute Gasteiger partial charge is 0.0537 e. The number of aliphatic hydroxyl groups is 1. The van der Waals surface area contributed by atoms with E-state index in [0.717, 1.165) is 25.2 Å². The van der Waals surface area contributed by atoms with Crippen LogP contribution in [-0.4, -0.2) is 11.2 Å². The fraction of sp³-hybridized carbons (Fsp3) is 1.00. The lowest BCUT2D eigenvalue weighted by Gasteiger charge is -2.27. The van der Waals surface area contributed by atoms with Crippen LogP contribution < -0.4 is 0 Å². The second-order valence-electron chi connectivity index (χ2n) is 5.26. The SMILES string of the molecule is CCC(O)CCCC(C)C(C)(C)C. The van der Waals surface area contributed by atoms with E-state index in [-0.39, 0.29) is 6.10 Å². The Morgan fingerprint density at radius 3 is 2.08 bits per heavy atom. The summed E-state index contributed by atoms with van der Waals surface area (Å²) in [7, 11) is 0. The lowest BCUT2D eigenvalue weighted by molar-refractivity contribution is 0.148. The largest absolute Gasteiger partial charge is 0.393 e. The number of rotatable bonds is 5. The molecule has 0 fully saturated rings. The Bertz CT molecular complexity index is 124. The number of aliphatic hydroxyl groups excluding tert-OH is 1. The van der Waals surface area contributed by atoms with Gasteiger partial charge >= 0.3 is 0 Å². The van der Waals surface area contributed by atoms with Gasteiger partial charge in [0.2, 0.25) is 0 Å². The van der Waals surface area contributed by atoms with Crippen LogP contribution in [0, 0.1) is 11.3 Å². The Morgan fingerprint density at radius 2 is 1.69 bits per heavy atom. The molecule has 0 aliphatic rings. The van der Waals surface area contributed by atoms with E-state index >= 15 is 0 Å². The first-order valence-corrected chi connectivity index (χ1v) is 5.56. The maximum absolute atomic E-state index is 9.37.